The summed E-state index contributed by atoms with van der Waals surface area (Å²) in [5, 5.41) is 20.6. The van der Waals surface area contributed by atoms with Gasteiger partial charge in [0.2, 0.25) is 5.91 Å². The summed E-state index contributed by atoms with van der Waals surface area (Å²) >= 11 is 0. The van der Waals surface area contributed by atoms with Crippen molar-refractivity contribution in [1.29, 1.82) is 0 Å². The molecule has 0 aliphatic carbocycles. The minimum Gasteiger partial charge on any atom is -0.508 e. The molecule has 2 aromatic rings. The Hall–Kier alpha value is -2.56. The van der Waals surface area contributed by atoms with E-state index >= 15 is 0 Å². The molecule has 0 spiro atoms. The Morgan fingerprint density at radius 3 is 2.32 bits per heavy atom. The van der Waals surface area contributed by atoms with Gasteiger partial charge in [-0.3, -0.25) is 4.79 Å². The van der Waals surface area contributed by atoms with Gasteiger partial charge in [-0.15, -0.1) is 0 Å². The summed E-state index contributed by atoms with van der Waals surface area (Å²) in [4.78, 5) is 11.7. The Kier molecular flexibility index (Phi) is 3.66. The fourth-order valence-electron chi connectivity index (χ4n) is 1.60. The van der Waals surface area contributed by atoms with Crippen LogP contribution in [0.3, 0.4) is 0 Å². The smallest absolute Gasteiger partial charge is 0.228 e. The number of phenols is 2. The zero-order valence-corrected chi connectivity index (χ0v) is 9.93. The highest BCUT2D eigenvalue weighted by Gasteiger charge is 2.08. The fourth-order valence-corrected chi connectivity index (χ4v) is 1.60. The predicted octanol–water partition coefficient (Wildman–Crippen LogP) is 2.42. The van der Waals surface area contributed by atoms with E-state index in [-0.39, 0.29) is 29.5 Å². The number of amides is 1. The molecular formula is C14H12FNO3. The molecule has 0 unspecified atom stereocenters. The summed E-state index contributed by atoms with van der Waals surface area (Å²) < 4.78 is 13.4. The Balaban J connectivity index is 2.03. The van der Waals surface area contributed by atoms with Gasteiger partial charge in [-0.2, -0.15) is 0 Å². The van der Waals surface area contributed by atoms with Gasteiger partial charge in [-0.25, -0.2) is 4.39 Å². The first-order valence-electron chi connectivity index (χ1n) is 5.61. The predicted molar refractivity (Wildman–Crippen MR) is 68.5 cm³/mol. The fraction of sp³-hybridized carbons (Fsp3) is 0.0714. The number of hydrogen-bond acceptors (Lipinski definition) is 3. The molecule has 2 rings (SSSR count). The van der Waals surface area contributed by atoms with Gasteiger partial charge in [-0.05, 0) is 29.8 Å². The number of halogens is 1. The van der Waals surface area contributed by atoms with Gasteiger partial charge >= 0.3 is 0 Å². The van der Waals surface area contributed by atoms with Crippen molar-refractivity contribution in [3.05, 3.63) is 53.8 Å². The summed E-state index contributed by atoms with van der Waals surface area (Å²) in [5.74, 6) is -1.16. The summed E-state index contributed by atoms with van der Waals surface area (Å²) in [6, 6.07) is 9.69. The maximum atomic E-state index is 13.4. The van der Waals surface area contributed by atoms with E-state index in [1.807, 2.05) is 0 Å². The van der Waals surface area contributed by atoms with Crippen molar-refractivity contribution in [3.63, 3.8) is 0 Å². The molecular weight excluding hydrogens is 249 g/mol. The quantitative estimate of drug-likeness (QED) is 0.743. The van der Waals surface area contributed by atoms with E-state index in [0.29, 0.717) is 5.56 Å². The number of aromatic hydroxyl groups is 2. The van der Waals surface area contributed by atoms with E-state index < -0.39 is 5.82 Å². The highest BCUT2D eigenvalue weighted by molar-refractivity contribution is 5.92. The maximum absolute atomic E-state index is 13.4. The minimum atomic E-state index is -0.695. The molecule has 0 radical (unpaired) electrons. The number of phenolic OH excluding ortho intramolecular Hbond substituents is 2. The van der Waals surface area contributed by atoms with Gasteiger partial charge in [-0.1, -0.05) is 12.1 Å². The van der Waals surface area contributed by atoms with Crippen LogP contribution in [0.1, 0.15) is 5.56 Å². The molecule has 1 amide bonds. The molecule has 0 saturated carbocycles. The molecule has 98 valence electrons. The second-order valence-electron chi connectivity index (χ2n) is 4.06. The van der Waals surface area contributed by atoms with Gasteiger partial charge in [0.15, 0.2) is 0 Å². The van der Waals surface area contributed by atoms with Crippen molar-refractivity contribution in [1.82, 2.24) is 0 Å². The molecule has 19 heavy (non-hydrogen) atoms. The van der Waals surface area contributed by atoms with E-state index in [2.05, 4.69) is 5.32 Å². The third-order valence-electron chi connectivity index (χ3n) is 2.53. The van der Waals surface area contributed by atoms with Crippen molar-refractivity contribution in [2.75, 3.05) is 5.32 Å². The van der Waals surface area contributed by atoms with Crippen LogP contribution in [0.5, 0.6) is 11.5 Å². The lowest BCUT2D eigenvalue weighted by molar-refractivity contribution is -0.115. The van der Waals surface area contributed by atoms with Crippen molar-refractivity contribution < 1.29 is 19.4 Å². The summed E-state index contributed by atoms with van der Waals surface area (Å²) in [6.45, 7) is 0. The molecule has 0 aromatic heterocycles. The van der Waals surface area contributed by atoms with Crippen LogP contribution in [0.15, 0.2) is 42.5 Å². The van der Waals surface area contributed by atoms with Crippen LogP contribution in [0.2, 0.25) is 0 Å². The SMILES string of the molecule is O=C(Cc1ccc(O)cc1)Nc1ccc(O)cc1F. The number of hydrogen-bond donors (Lipinski definition) is 3. The minimum absolute atomic E-state index is 0.0154. The summed E-state index contributed by atoms with van der Waals surface area (Å²) in [6.07, 6.45) is 0.0700. The first-order chi connectivity index (χ1) is 9.04. The van der Waals surface area contributed by atoms with Crippen molar-refractivity contribution in [3.8, 4) is 11.5 Å². The molecule has 0 atom stereocenters. The standard InChI is InChI=1S/C14H12FNO3/c15-12-8-11(18)5-6-13(12)16-14(19)7-9-1-3-10(17)4-2-9/h1-6,8,17-18H,7H2,(H,16,19). The van der Waals surface area contributed by atoms with Crippen LogP contribution in [0.25, 0.3) is 0 Å². The normalized spacial score (nSPS) is 10.2. The largest absolute Gasteiger partial charge is 0.508 e. The lowest BCUT2D eigenvalue weighted by atomic mass is 10.1. The van der Waals surface area contributed by atoms with Crippen molar-refractivity contribution in [2.24, 2.45) is 0 Å². The van der Waals surface area contributed by atoms with Crippen molar-refractivity contribution in [2.45, 2.75) is 6.42 Å². The van der Waals surface area contributed by atoms with Crippen LogP contribution >= 0.6 is 0 Å². The molecule has 0 saturated heterocycles. The first kappa shape index (κ1) is 12.9. The Bertz CT molecular complexity index is 596. The van der Waals surface area contributed by atoms with Crippen LogP contribution in [0.4, 0.5) is 10.1 Å². The zero-order chi connectivity index (χ0) is 13.8. The Morgan fingerprint density at radius 1 is 1.05 bits per heavy atom. The third kappa shape index (κ3) is 3.45. The van der Waals surface area contributed by atoms with Gasteiger partial charge < -0.3 is 15.5 Å². The van der Waals surface area contributed by atoms with Gasteiger partial charge in [0.1, 0.15) is 17.3 Å². The number of anilines is 1. The topological polar surface area (TPSA) is 69.6 Å². The van der Waals surface area contributed by atoms with Crippen LogP contribution in [-0.2, 0) is 11.2 Å². The molecule has 4 nitrogen and oxygen atoms in total. The first-order valence-corrected chi connectivity index (χ1v) is 5.61. The average molecular weight is 261 g/mol. The highest BCUT2D eigenvalue weighted by Crippen LogP contribution is 2.19. The number of carbonyl (C=O) groups excluding carboxylic acids is 1. The Morgan fingerprint density at radius 2 is 1.68 bits per heavy atom. The monoisotopic (exact) mass is 261 g/mol. The second-order valence-corrected chi connectivity index (χ2v) is 4.06. The molecule has 0 heterocycles. The number of rotatable bonds is 3. The molecule has 3 N–H and O–H groups in total. The molecule has 0 bridgehead atoms. The van der Waals surface area contributed by atoms with E-state index in [4.69, 9.17) is 10.2 Å². The summed E-state index contributed by atoms with van der Waals surface area (Å²) in [7, 11) is 0. The number of carbonyl (C=O) groups is 1. The van der Waals surface area contributed by atoms with Crippen LogP contribution < -0.4 is 5.32 Å². The second kappa shape index (κ2) is 5.39. The molecule has 0 aliphatic rings. The van der Waals surface area contributed by atoms with Crippen LogP contribution in [-0.4, -0.2) is 16.1 Å². The van der Waals surface area contributed by atoms with Crippen molar-refractivity contribution >= 4 is 11.6 Å². The molecule has 0 aliphatic heterocycles. The Labute approximate surface area is 109 Å². The van der Waals surface area contributed by atoms with Crippen LogP contribution in [0, 0.1) is 5.82 Å². The lowest BCUT2D eigenvalue weighted by Gasteiger charge is -2.07. The zero-order valence-electron chi connectivity index (χ0n) is 9.93. The van der Waals surface area contributed by atoms with E-state index in [1.165, 1.54) is 24.3 Å². The molecule has 2 aromatic carbocycles. The van der Waals surface area contributed by atoms with Gasteiger partial charge in [0.05, 0.1) is 12.1 Å². The van der Waals surface area contributed by atoms with E-state index in [1.54, 1.807) is 12.1 Å². The third-order valence-corrected chi connectivity index (χ3v) is 2.53. The van der Waals surface area contributed by atoms with E-state index in [0.717, 1.165) is 6.07 Å². The van der Waals surface area contributed by atoms with Gasteiger partial charge in [0, 0.05) is 6.07 Å². The molecule has 5 heteroatoms. The number of nitrogens with one attached hydrogen (secondary N) is 1. The average Bonchev–Trinajstić information content (AvgIpc) is 2.36. The molecule has 0 fully saturated rings. The highest BCUT2D eigenvalue weighted by atomic mass is 19.1. The van der Waals surface area contributed by atoms with E-state index in [9.17, 15) is 9.18 Å². The summed E-state index contributed by atoms with van der Waals surface area (Å²) in [5.41, 5.74) is 0.719. The maximum Gasteiger partial charge on any atom is 0.228 e. The number of benzene rings is 2. The van der Waals surface area contributed by atoms with Gasteiger partial charge in [0.25, 0.3) is 0 Å². The lowest BCUT2D eigenvalue weighted by Crippen LogP contribution is -2.15.